The summed E-state index contributed by atoms with van der Waals surface area (Å²) in [7, 11) is 1.26. The van der Waals surface area contributed by atoms with Gasteiger partial charge in [-0.05, 0) is 24.3 Å². The molecule has 24 heavy (non-hydrogen) atoms. The second kappa shape index (κ2) is 7.17. The molecule has 0 unspecified atom stereocenters. The molecule has 9 heteroatoms. The van der Waals surface area contributed by atoms with E-state index in [4.69, 9.17) is 0 Å². The van der Waals surface area contributed by atoms with Crippen molar-refractivity contribution in [2.24, 2.45) is 0 Å². The molecule has 0 saturated carbocycles. The Balaban J connectivity index is 0.00000208. The fraction of sp³-hybridized carbons (Fsp3) is 0.0667. The molecule has 8 nitrogen and oxygen atoms in total. The largest absolute Gasteiger partial charge is 1.00 e. The second-order valence-corrected chi connectivity index (χ2v) is 4.63. The van der Waals surface area contributed by atoms with Crippen molar-refractivity contribution in [1.82, 2.24) is 14.4 Å². The molecule has 0 fully saturated rings. The van der Waals surface area contributed by atoms with E-state index in [1.54, 1.807) is 35.0 Å². The van der Waals surface area contributed by atoms with Crippen LogP contribution in [-0.2, 0) is 4.74 Å². The quantitative estimate of drug-likeness (QED) is 0.556. The number of ether oxygens (including phenoxy) is 1. The maximum Gasteiger partial charge on any atom is 1.00 e. The Morgan fingerprint density at radius 2 is 1.96 bits per heavy atom. The first-order chi connectivity index (χ1) is 11.1. The van der Waals surface area contributed by atoms with Gasteiger partial charge in [0.1, 0.15) is 11.5 Å². The van der Waals surface area contributed by atoms with Crippen molar-refractivity contribution in [3.8, 4) is 11.3 Å². The van der Waals surface area contributed by atoms with Gasteiger partial charge in [0.05, 0.1) is 25.0 Å². The predicted octanol–water partition coefficient (Wildman–Crippen LogP) is -2.06. The molecule has 0 atom stereocenters. The fourth-order valence-corrected chi connectivity index (χ4v) is 2.09. The Labute approximate surface area is 148 Å². The SMILES string of the molecule is COC(=O)Nc1ccc(-c2cnc3ccc(C(=O)[O-])cn23)cn1.[Li+]. The number of methoxy groups -OCH3 is 1. The zero-order chi connectivity index (χ0) is 16.4. The third-order valence-corrected chi connectivity index (χ3v) is 3.22. The molecule has 0 saturated heterocycles. The van der Waals surface area contributed by atoms with E-state index in [9.17, 15) is 14.7 Å². The summed E-state index contributed by atoms with van der Waals surface area (Å²) in [5.41, 5.74) is 2.03. The Kier molecular flexibility index (Phi) is 5.23. The smallest absolute Gasteiger partial charge is 0.545 e. The summed E-state index contributed by atoms with van der Waals surface area (Å²) in [6.45, 7) is 0. The number of carboxylic acid groups (broad SMARTS) is 1. The Hall–Kier alpha value is -2.82. The number of rotatable bonds is 3. The first kappa shape index (κ1) is 17.5. The van der Waals surface area contributed by atoms with E-state index in [0.29, 0.717) is 22.7 Å². The number of carbonyl (C=O) groups is 2. The number of aromatic nitrogens is 3. The number of imidazole rings is 1. The topological polar surface area (TPSA) is 109 Å². The summed E-state index contributed by atoms with van der Waals surface area (Å²) >= 11 is 0. The van der Waals surface area contributed by atoms with Gasteiger partial charge in [0, 0.05) is 23.5 Å². The van der Waals surface area contributed by atoms with Crippen LogP contribution in [0.2, 0.25) is 0 Å². The van der Waals surface area contributed by atoms with E-state index in [2.05, 4.69) is 20.0 Å². The zero-order valence-electron chi connectivity index (χ0n) is 13.0. The number of anilines is 1. The molecule has 3 aromatic rings. The normalized spacial score (nSPS) is 10.0. The molecule has 0 aromatic carbocycles. The molecular weight excluding hydrogens is 307 g/mol. The summed E-state index contributed by atoms with van der Waals surface area (Å²) in [6, 6.07) is 6.36. The zero-order valence-corrected chi connectivity index (χ0v) is 13.0. The Morgan fingerprint density at radius 1 is 1.17 bits per heavy atom. The number of hydrogen-bond acceptors (Lipinski definition) is 6. The van der Waals surface area contributed by atoms with Crippen molar-refractivity contribution in [3.05, 3.63) is 48.4 Å². The number of aromatic carboxylic acids is 1. The van der Waals surface area contributed by atoms with Gasteiger partial charge in [0.25, 0.3) is 0 Å². The van der Waals surface area contributed by atoms with Crippen molar-refractivity contribution in [2.75, 3.05) is 12.4 Å². The first-order valence-electron chi connectivity index (χ1n) is 6.58. The first-order valence-corrected chi connectivity index (χ1v) is 6.58. The van der Waals surface area contributed by atoms with Crippen LogP contribution < -0.4 is 29.3 Å². The van der Waals surface area contributed by atoms with Crippen LogP contribution in [0.1, 0.15) is 10.4 Å². The maximum absolute atomic E-state index is 11.1. The van der Waals surface area contributed by atoms with Crippen molar-refractivity contribution in [2.45, 2.75) is 0 Å². The van der Waals surface area contributed by atoms with Gasteiger partial charge in [-0.15, -0.1) is 0 Å². The molecule has 0 aliphatic heterocycles. The van der Waals surface area contributed by atoms with Crippen LogP contribution in [0.4, 0.5) is 10.6 Å². The van der Waals surface area contributed by atoms with Crippen molar-refractivity contribution < 1.29 is 38.3 Å². The van der Waals surface area contributed by atoms with E-state index in [1.807, 2.05) is 0 Å². The number of amides is 1. The molecule has 1 N–H and O–H groups in total. The molecule has 0 aliphatic carbocycles. The van der Waals surface area contributed by atoms with E-state index >= 15 is 0 Å². The van der Waals surface area contributed by atoms with Gasteiger partial charge in [-0.1, -0.05) is 0 Å². The molecule has 3 aromatic heterocycles. The third-order valence-electron chi connectivity index (χ3n) is 3.22. The molecule has 3 rings (SSSR count). The molecule has 116 valence electrons. The maximum atomic E-state index is 11.1. The van der Waals surface area contributed by atoms with Gasteiger partial charge in [-0.3, -0.25) is 9.72 Å². The van der Waals surface area contributed by atoms with Gasteiger partial charge < -0.3 is 14.6 Å². The molecule has 3 heterocycles. The summed E-state index contributed by atoms with van der Waals surface area (Å²) < 4.78 is 6.12. The van der Waals surface area contributed by atoms with Crippen LogP contribution in [0.5, 0.6) is 0 Å². The monoisotopic (exact) mass is 318 g/mol. The van der Waals surface area contributed by atoms with Gasteiger partial charge in [-0.25, -0.2) is 14.8 Å². The van der Waals surface area contributed by atoms with Crippen LogP contribution in [0.25, 0.3) is 16.9 Å². The molecular formula is C15H11LiN4O4. The van der Waals surface area contributed by atoms with Crippen molar-refractivity contribution >= 4 is 23.5 Å². The number of carboxylic acids is 1. The molecule has 0 radical (unpaired) electrons. The number of nitrogens with one attached hydrogen (secondary N) is 1. The Bertz CT molecular complexity index is 892. The van der Waals surface area contributed by atoms with Crippen LogP contribution in [0, 0.1) is 0 Å². The number of pyridine rings is 2. The number of carbonyl (C=O) groups excluding carboxylic acids is 2. The molecule has 0 aliphatic rings. The number of nitrogens with zero attached hydrogens (tertiary/aromatic N) is 3. The standard InChI is InChI=1S/C15H12N4O4.Li/c1-23-15(22)18-12-4-2-9(6-16-12)11-7-17-13-5-3-10(14(20)21)8-19(11)13;/h2-8H,1H3,(H,20,21)(H,16,18,22);/q;+1/p-1. The van der Waals surface area contributed by atoms with Gasteiger partial charge in [0.2, 0.25) is 0 Å². The van der Waals surface area contributed by atoms with Crippen LogP contribution in [0.3, 0.4) is 0 Å². The van der Waals surface area contributed by atoms with E-state index in [1.165, 1.54) is 19.4 Å². The van der Waals surface area contributed by atoms with E-state index in [0.717, 1.165) is 0 Å². The average molecular weight is 318 g/mol. The van der Waals surface area contributed by atoms with Gasteiger partial charge in [0.15, 0.2) is 0 Å². The van der Waals surface area contributed by atoms with Gasteiger partial charge in [-0.2, -0.15) is 0 Å². The molecule has 1 amide bonds. The summed E-state index contributed by atoms with van der Waals surface area (Å²) in [6.07, 6.45) is 3.98. The average Bonchev–Trinajstić information content (AvgIpc) is 2.98. The third kappa shape index (κ3) is 3.40. The van der Waals surface area contributed by atoms with E-state index < -0.39 is 12.1 Å². The minimum Gasteiger partial charge on any atom is -0.545 e. The van der Waals surface area contributed by atoms with Crippen molar-refractivity contribution in [3.63, 3.8) is 0 Å². The second-order valence-electron chi connectivity index (χ2n) is 4.63. The molecule has 0 bridgehead atoms. The van der Waals surface area contributed by atoms with Crippen molar-refractivity contribution in [1.29, 1.82) is 0 Å². The summed E-state index contributed by atoms with van der Waals surface area (Å²) in [5, 5.41) is 13.4. The predicted molar refractivity (Wildman–Crippen MR) is 78.8 cm³/mol. The summed E-state index contributed by atoms with van der Waals surface area (Å²) in [5.74, 6) is -0.924. The molecule has 0 spiro atoms. The van der Waals surface area contributed by atoms with Crippen LogP contribution in [0.15, 0.2) is 42.9 Å². The Morgan fingerprint density at radius 3 is 2.58 bits per heavy atom. The number of fused-ring (bicyclic) bond motifs is 1. The number of hydrogen-bond donors (Lipinski definition) is 1. The van der Waals surface area contributed by atoms with E-state index in [-0.39, 0.29) is 24.4 Å². The minimum absolute atomic E-state index is 0. The summed E-state index contributed by atoms with van der Waals surface area (Å²) in [4.78, 5) is 30.4. The van der Waals surface area contributed by atoms with Crippen LogP contribution >= 0.6 is 0 Å². The van der Waals surface area contributed by atoms with Crippen LogP contribution in [-0.4, -0.2) is 33.5 Å². The fourth-order valence-electron chi connectivity index (χ4n) is 2.09. The van der Waals surface area contributed by atoms with Gasteiger partial charge >= 0.3 is 25.0 Å². The minimum atomic E-state index is -1.26.